The lowest BCUT2D eigenvalue weighted by molar-refractivity contribution is -0.141. The smallest absolute Gasteiger partial charge is 0.306 e. The first-order chi connectivity index (χ1) is 11.4. The van der Waals surface area contributed by atoms with Crippen molar-refractivity contribution in [1.29, 1.82) is 0 Å². The number of carboxylic acids is 1. The molecule has 4 unspecified atom stereocenters. The molecule has 2 heteroatoms. The van der Waals surface area contributed by atoms with Gasteiger partial charge in [0.2, 0.25) is 0 Å². The first-order valence-electron chi connectivity index (χ1n) is 10.6. The van der Waals surface area contributed by atoms with Crippen LogP contribution in [-0.2, 0) is 4.79 Å². The van der Waals surface area contributed by atoms with Gasteiger partial charge in [-0.3, -0.25) is 4.79 Å². The van der Waals surface area contributed by atoms with Gasteiger partial charge in [-0.25, -0.2) is 0 Å². The topological polar surface area (TPSA) is 37.3 Å². The highest BCUT2D eigenvalue weighted by molar-refractivity contribution is 5.69. The van der Waals surface area contributed by atoms with Crippen LogP contribution in [0.2, 0.25) is 0 Å². The number of aliphatic carboxylic acids is 1. The third-order valence-electron chi connectivity index (χ3n) is 5.59. The molecule has 0 fully saturated rings. The molecule has 0 aromatic carbocycles. The summed E-state index contributed by atoms with van der Waals surface area (Å²) in [4.78, 5) is 10.8. The molecule has 0 rings (SSSR count). The Bertz CT molecular complexity index is 300. The van der Waals surface area contributed by atoms with Gasteiger partial charge in [-0.05, 0) is 24.2 Å². The van der Waals surface area contributed by atoms with Gasteiger partial charge in [0.05, 0.1) is 5.92 Å². The van der Waals surface area contributed by atoms with Gasteiger partial charge >= 0.3 is 5.97 Å². The van der Waals surface area contributed by atoms with Crippen molar-refractivity contribution >= 4 is 5.97 Å². The van der Waals surface area contributed by atoms with Gasteiger partial charge in [0.25, 0.3) is 0 Å². The normalized spacial score (nSPS) is 16.5. The molecule has 0 saturated carbocycles. The quantitative estimate of drug-likeness (QED) is 0.319. The number of hydrogen-bond donors (Lipinski definition) is 1. The van der Waals surface area contributed by atoms with E-state index in [0.717, 1.165) is 30.6 Å². The SMILES string of the molecule is CCCCC(C)CCCC(C)CCCC(C)CCCC(C)C(=O)O. The Labute approximate surface area is 151 Å². The number of hydrogen-bond acceptors (Lipinski definition) is 1. The Morgan fingerprint density at radius 3 is 1.33 bits per heavy atom. The van der Waals surface area contributed by atoms with Crippen LogP contribution in [-0.4, -0.2) is 11.1 Å². The summed E-state index contributed by atoms with van der Waals surface area (Å²) >= 11 is 0. The molecule has 0 aliphatic heterocycles. The van der Waals surface area contributed by atoms with E-state index in [1.807, 2.05) is 6.92 Å². The first-order valence-corrected chi connectivity index (χ1v) is 10.6. The lowest BCUT2D eigenvalue weighted by Gasteiger charge is -2.16. The number of unbranched alkanes of at least 4 members (excludes halogenated alkanes) is 1. The molecule has 0 aromatic heterocycles. The van der Waals surface area contributed by atoms with Crippen molar-refractivity contribution in [3.63, 3.8) is 0 Å². The molecule has 0 heterocycles. The van der Waals surface area contributed by atoms with Gasteiger partial charge < -0.3 is 5.11 Å². The first kappa shape index (κ1) is 23.5. The van der Waals surface area contributed by atoms with Crippen molar-refractivity contribution < 1.29 is 9.90 Å². The Balaban J connectivity index is 3.56. The summed E-state index contributed by atoms with van der Waals surface area (Å²) in [6, 6.07) is 0. The Kier molecular flexibility index (Phi) is 14.5. The third kappa shape index (κ3) is 13.9. The Hall–Kier alpha value is -0.530. The van der Waals surface area contributed by atoms with E-state index >= 15 is 0 Å². The van der Waals surface area contributed by atoms with Crippen molar-refractivity contribution in [1.82, 2.24) is 0 Å². The molecule has 0 aliphatic rings. The summed E-state index contributed by atoms with van der Waals surface area (Å²) in [5.74, 6) is 1.68. The summed E-state index contributed by atoms with van der Waals surface area (Å²) in [6.07, 6.45) is 15.4. The maximum absolute atomic E-state index is 10.8. The summed E-state index contributed by atoms with van der Waals surface area (Å²) in [7, 11) is 0. The molecular weight excluding hydrogens is 296 g/mol. The number of rotatable bonds is 16. The average molecular weight is 341 g/mol. The second-order valence-electron chi connectivity index (χ2n) is 8.49. The molecule has 0 radical (unpaired) electrons. The van der Waals surface area contributed by atoms with E-state index in [0.29, 0.717) is 0 Å². The van der Waals surface area contributed by atoms with Gasteiger partial charge in [-0.1, -0.05) is 105 Å². The predicted molar refractivity (Wildman–Crippen MR) is 105 cm³/mol. The molecule has 0 bridgehead atoms. The summed E-state index contributed by atoms with van der Waals surface area (Å²) in [5.41, 5.74) is 0. The van der Waals surface area contributed by atoms with Crippen LogP contribution in [0.1, 0.15) is 112 Å². The fourth-order valence-electron chi connectivity index (χ4n) is 3.51. The monoisotopic (exact) mass is 340 g/mol. The molecule has 144 valence electrons. The molecule has 0 spiro atoms. The zero-order chi connectivity index (χ0) is 18.4. The maximum Gasteiger partial charge on any atom is 0.306 e. The minimum absolute atomic E-state index is 0.183. The van der Waals surface area contributed by atoms with Gasteiger partial charge in [-0.15, -0.1) is 0 Å². The second kappa shape index (κ2) is 14.8. The van der Waals surface area contributed by atoms with Crippen LogP contribution in [0.5, 0.6) is 0 Å². The van der Waals surface area contributed by atoms with Crippen LogP contribution in [0.25, 0.3) is 0 Å². The van der Waals surface area contributed by atoms with E-state index in [2.05, 4.69) is 27.7 Å². The fourth-order valence-corrected chi connectivity index (χ4v) is 3.51. The minimum Gasteiger partial charge on any atom is -0.481 e. The molecule has 4 atom stereocenters. The molecule has 2 nitrogen and oxygen atoms in total. The van der Waals surface area contributed by atoms with Crippen LogP contribution in [0.4, 0.5) is 0 Å². The van der Waals surface area contributed by atoms with Crippen molar-refractivity contribution in [2.24, 2.45) is 23.7 Å². The summed E-state index contributed by atoms with van der Waals surface area (Å²) in [5, 5.41) is 8.90. The van der Waals surface area contributed by atoms with Crippen LogP contribution in [0, 0.1) is 23.7 Å². The fraction of sp³-hybridized carbons (Fsp3) is 0.955. The lowest BCUT2D eigenvalue weighted by atomic mass is 9.90. The molecule has 1 N–H and O–H groups in total. The van der Waals surface area contributed by atoms with E-state index in [1.54, 1.807) is 0 Å². The maximum atomic E-state index is 10.8. The highest BCUT2D eigenvalue weighted by atomic mass is 16.4. The Morgan fingerprint density at radius 2 is 1.00 bits per heavy atom. The zero-order valence-electron chi connectivity index (χ0n) is 17.2. The van der Waals surface area contributed by atoms with Crippen LogP contribution in [0.3, 0.4) is 0 Å². The standard InChI is InChI=1S/C22H44O2/c1-6-7-11-18(2)12-8-13-19(3)14-9-15-20(4)16-10-17-21(5)22(23)24/h18-21H,6-17H2,1-5H3,(H,23,24). The number of carbonyl (C=O) groups is 1. The van der Waals surface area contributed by atoms with Crippen LogP contribution >= 0.6 is 0 Å². The van der Waals surface area contributed by atoms with E-state index < -0.39 is 5.97 Å². The van der Waals surface area contributed by atoms with E-state index in [-0.39, 0.29) is 5.92 Å². The third-order valence-corrected chi connectivity index (χ3v) is 5.59. The zero-order valence-corrected chi connectivity index (χ0v) is 17.2. The van der Waals surface area contributed by atoms with Gasteiger partial charge in [0, 0.05) is 0 Å². The summed E-state index contributed by atoms with van der Waals surface area (Å²) in [6.45, 7) is 11.2. The molecule has 0 saturated heterocycles. The van der Waals surface area contributed by atoms with Gasteiger partial charge in [0.15, 0.2) is 0 Å². The van der Waals surface area contributed by atoms with E-state index in [4.69, 9.17) is 5.11 Å². The van der Waals surface area contributed by atoms with Gasteiger partial charge in [0.1, 0.15) is 0 Å². The van der Waals surface area contributed by atoms with E-state index in [1.165, 1.54) is 64.2 Å². The average Bonchev–Trinajstić information content (AvgIpc) is 2.52. The molecule has 0 amide bonds. The van der Waals surface area contributed by atoms with Gasteiger partial charge in [-0.2, -0.15) is 0 Å². The predicted octanol–water partition coefficient (Wildman–Crippen LogP) is 7.32. The van der Waals surface area contributed by atoms with Crippen molar-refractivity contribution in [3.05, 3.63) is 0 Å². The van der Waals surface area contributed by atoms with Crippen molar-refractivity contribution in [3.8, 4) is 0 Å². The highest BCUT2D eigenvalue weighted by Gasteiger charge is 2.12. The number of carboxylic acid groups (broad SMARTS) is 1. The second-order valence-corrected chi connectivity index (χ2v) is 8.49. The highest BCUT2D eigenvalue weighted by Crippen LogP contribution is 2.23. The largest absolute Gasteiger partial charge is 0.481 e. The van der Waals surface area contributed by atoms with E-state index in [9.17, 15) is 4.79 Å². The summed E-state index contributed by atoms with van der Waals surface area (Å²) < 4.78 is 0. The minimum atomic E-state index is -0.652. The van der Waals surface area contributed by atoms with Crippen LogP contribution in [0.15, 0.2) is 0 Å². The molecule has 24 heavy (non-hydrogen) atoms. The molecule has 0 aromatic rings. The Morgan fingerprint density at radius 1 is 0.667 bits per heavy atom. The van der Waals surface area contributed by atoms with Crippen LogP contribution < -0.4 is 0 Å². The van der Waals surface area contributed by atoms with Crippen molar-refractivity contribution in [2.45, 2.75) is 112 Å². The molecule has 0 aliphatic carbocycles. The molecular formula is C22H44O2. The lowest BCUT2D eigenvalue weighted by Crippen LogP contribution is -2.09. The van der Waals surface area contributed by atoms with Crippen molar-refractivity contribution in [2.75, 3.05) is 0 Å².